The molecule has 0 aliphatic carbocycles. The Bertz CT molecular complexity index is 1100. The number of nitrogens with one attached hydrogen (secondary N) is 3. The zero-order valence-electron chi connectivity index (χ0n) is 14.3. The van der Waals surface area contributed by atoms with E-state index in [9.17, 15) is 4.79 Å². The third-order valence-corrected chi connectivity index (χ3v) is 4.26. The first kappa shape index (κ1) is 17.1. The van der Waals surface area contributed by atoms with E-state index >= 15 is 0 Å². The topological polar surface area (TPSA) is 87.1 Å². The van der Waals surface area contributed by atoms with Gasteiger partial charge in [-0.15, -0.1) is 0 Å². The van der Waals surface area contributed by atoms with Gasteiger partial charge in [0.15, 0.2) is 0 Å². The molecule has 0 aliphatic heterocycles. The summed E-state index contributed by atoms with van der Waals surface area (Å²) in [5.41, 5.74) is 2.41. The molecule has 2 aromatic heterocycles. The zero-order chi connectivity index (χ0) is 18.6. The van der Waals surface area contributed by atoms with Crippen LogP contribution >= 0.6 is 11.6 Å². The fourth-order valence-electron chi connectivity index (χ4n) is 2.64. The van der Waals surface area contributed by atoms with Crippen LogP contribution in [0, 0.1) is 0 Å². The Kier molecular flexibility index (Phi) is 4.76. The van der Waals surface area contributed by atoms with Gasteiger partial charge in [-0.2, -0.15) is 9.50 Å². The number of halogens is 1. The van der Waals surface area contributed by atoms with E-state index in [1.807, 2.05) is 42.5 Å². The van der Waals surface area contributed by atoms with Gasteiger partial charge in [0.1, 0.15) is 0 Å². The van der Waals surface area contributed by atoms with Gasteiger partial charge in [0.05, 0.1) is 12.2 Å². The van der Waals surface area contributed by atoms with E-state index in [1.165, 1.54) is 10.6 Å². The van der Waals surface area contributed by atoms with Crippen LogP contribution in [0.4, 0.5) is 11.6 Å². The Morgan fingerprint density at radius 1 is 0.963 bits per heavy atom. The highest BCUT2D eigenvalue weighted by molar-refractivity contribution is 6.30. The average Bonchev–Trinajstić information content (AvgIpc) is 3.10. The van der Waals surface area contributed by atoms with Gasteiger partial charge >= 0.3 is 0 Å². The molecule has 8 heteroatoms. The van der Waals surface area contributed by atoms with Crippen LogP contribution in [0.1, 0.15) is 11.3 Å². The summed E-state index contributed by atoms with van der Waals surface area (Å²) in [6.45, 7) is 1.01. The highest BCUT2D eigenvalue weighted by atomic mass is 35.5. The number of aromatic nitrogens is 4. The van der Waals surface area contributed by atoms with Crippen molar-refractivity contribution < 1.29 is 0 Å². The summed E-state index contributed by atoms with van der Waals surface area (Å²) in [6.07, 6.45) is 0. The molecule has 0 unspecified atom stereocenters. The molecule has 0 saturated carbocycles. The third-order valence-electron chi connectivity index (χ3n) is 4.00. The summed E-state index contributed by atoms with van der Waals surface area (Å²) in [4.78, 5) is 21.1. The van der Waals surface area contributed by atoms with Crippen LogP contribution in [0.25, 0.3) is 5.78 Å². The highest BCUT2D eigenvalue weighted by Gasteiger charge is 2.08. The van der Waals surface area contributed by atoms with Crippen molar-refractivity contribution in [2.75, 3.05) is 10.6 Å². The Hall–Kier alpha value is -3.32. The van der Waals surface area contributed by atoms with Gasteiger partial charge in [0.25, 0.3) is 11.3 Å². The van der Waals surface area contributed by atoms with Crippen LogP contribution < -0.4 is 16.2 Å². The van der Waals surface area contributed by atoms with E-state index < -0.39 is 0 Å². The average molecular weight is 381 g/mol. The molecule has 27 heavy (non-hydrogen) atoms. The summed E-state index contributed by atoms with van der Waals surface area (Å²) in [7, 11) is 0. The molecule has 2 aromatic carbocycles. The molecule has 4 rings (SSSR count). The monoisotopic (exact) mass is 380 g/mol. The highest BCUT2D eigenvalue weighted by Crippen LogP contribution is 2.14. The number of fused-ring (bicyclic) bond motifs is 1. The molecule has 7 nitrogen and oxygen atoms in total. The van der Waals surface area contributed by atoms with E-state index in [4.69, 9.17) is 11.6 Å². The van der Waals surface area contributed by atoms with Crippen molar-refractivity contribution in [2.45, 2.75) is 13.1 Å². The second kappa shape index (κ2) is 7.51. The Balaban J connectivity index is 1.49. The lowest BCUT2D eigenvalue weighted by Gasteiger charge is -2.05. The predicted molar refractivity (Wildman–Crippen MR) is 106 cm³/mol. The third kappa shape index (κ3) is 4.09. The molecule has 0 saturated heterocycles. The van der Waals surface area contributed by atoms with Crippen LogP contribution in [0.2, 0.25) is 5.02 Å². The number of benzene rings is 2. The lowest BCUT2D eigenvalue weighted by Crippen LogP contribution is -2.17. The fourth-order valence-corrected chi connectivity index (χ4v) is 2.76. The van der Waals surface area contributed by atoms with E-state index in [0.29, 0.717) is 35.5 Å². The van der Waals surface area contributed by atoms with Gasteiger partial charge in [0.2, 0.25) is 5.95 Å². The molecule has 0 aliphatic rings. The lowest BCUT2D eigenvalue weighted by molar-refractivity contribution is 0.874. The lowest BCUT2D eigenvalue weighted by atomic mass is 10.2. The summed E-state index contributed by atoms with van der Waals surface area (Å²) in [5.74, 6) is 0.817. The van der Waals surface area contributed by atoms with E-state index in [1.54, 1.807) is 12.1 Å². The number of H-pyrrole nitrogens is 1. The molecule has 0 spiro atoms. The minimum Gasteiger partial charge on any atom is -0.379 e. The molecular weight excluding hydrogens is 364 g/mol. The second-order valence-corrected chi connectivity index (χ2v) is 6.43. The van der Waals surface area contributed by atoms with Gasteiger partial charge in [-0.25, -0.2) is 4.98 Å². The normalized spacial score (nSPS) is 10.9. The van der Waals surface area contributed by atoms with Crippen LogP contribution in [0.15, 0.2) is 65.5 Å². The van der Waals surface area contributed by atoms with Gasteiger partial charge in [-0.1, -0.05) is 41.9 Å². The Morgan fingerprint density at radius 3 is 2.52 bits per heavy atom. The van der Waals surface area contributed by atoms with Crippen LogP contribution in [-0.4, -0.2) is 19.6 Å². The van der Waals surface area contributed by atoms with Crippen molar-refractivity contribution >= 4 is 29.0 Å². The predicted octanol–water partition coefficient (Wildman–Crippen LogP) is 3.30. The number of rotatable bonds is 6. The van der Waals surface area contributed by atoms with Crippen molar-refractivity contribution in [2.24, 2.45) is 0 Å². The summed E-state index contributed by atoms with van der Waals surface area (Å²) in [6, 6.07) is 18.8. The fraction of sp³-hybridized carbons (Fsp3) is 0.105. The molecule has 136 valence electrons. The van der Waals surface area contributed by atoms with Crippen molar-refractivity contribution in [3.63, 3.8) is 0 Å². The summed E-state index contributed by atoms with van der Waals surface area (Å²) < 4.78 is 1.32. The first-order valence-corrected chi connectivity index (χ1v) is 8.81. The van der Waals surface area contributed by atoms with Gasteiger partial charge in [-0.05, 0) is 29.8 Å². The standard InChI is InChI=1S/C19H17ClN6O/c20-14-6-8-15(9-7-14)21-12-16-10-17(27)26-19(23-16)24-18(25-26)22-11-13-4-2-1-3-5-13/h1-10,21H,11-12H2,(H2,22,23,24,25). The smallest absolute Gasteiger partial charge is 0.274 e. The Labute approximate surface area is 160 Å². The number of hydrogen-bond donors (Lipinski definition) is 3. The first-order chi connectivity index (χ1) is 13.2. The molecule has 0 radical (unpaired) electrons. The number of nitrogens with zero attached hydrogens (tertiary/aromatic N) is 3. The molecular formula is C19H17ClN6O. The summed E-state index contributed by atoms with van der Waals surface area (Å²) in [5, 5.41) is 9.97. The second-order valence-electron chi connectivity index (χ2n) is 5.99. The molecule has 0 bridgehead atoms. The number of aromatic amines is 1. The van der Waals surface area contributed by atoms with Crippen LogP contribution in [0.5, 0.6) is 0 Å². The maximum absolute atomic E-state index is 12.3. The van der Waals surface area contributed by atoms with Crippen molar-refractivity contribution in [3.8, 4) is 0 Å². The summed E-state index contributed by atoms with van der Waals surface area (Å²) >= 11 is 5.88. The first-order valence-electron chi connectivity index (χ1n) is 8.43. The van der Waals surface area contributed by atoms with E-state index in [2.05, 4.69) is 25.7 Å². The van der Waals surface area contributed by atoms with Crippen molar-refractivity contribution in [1.29, 1.82) is 0 Å². The van der Waals surface area contributed by atoms with Crippen molar-refractivity contribution in [3.05, 3.63) is 87.3 Å². The maximum atomic E-state index is 12.3. The number of hydrogen-bond acceptors (Lipinski definition) is 5. The molecule has 0 atom stereocenters. The van der Waals surface area contributed by atoms with Gasteiger partial charge in [-0.3, -0.25) is 9.89 Å². The minimum absolute atomic E-state index is 0.215. The van der Waals surface area contributed by atoms with Crippen LogP contribution in [-0.2, 0) is 13.1 Å². The van der Waals surface area contributed by atoms with E-state index in [0.717, 1.165) is 11.3 Å². The molecule has 2 heterocycles. The zero-order valence-corrected chi connectivity index (χ0v) is 15.1. The molecule has 0 fully saturated rings. The minimum atomic E-state index is -0.215. The SMILES string of the molecule is O=c1cc(CNc2ccc(Cl)cc2)nc2nc(NCc3ccccc3)[nH]n12. The molecule has 4 aromatic rings. The largest absolute Gasteiger partial charge is 0.379 e. The molecule has 0 amide bonds. The maximum Gasteiger partial charge on any atom is 0.274 e. The van der Waals surface area contributed by atoms with Crippen molar-refractivity contribution in [1.82, 2.24) is 19.6 Å². The quantitative estimate of drug-likeness (QED) is 0.477. The number of anilines is 2. The van der Waals surface area contributed by atoms with E-state index in [-0.39, 0.29) is 5.56 Å². The van der Waals surface area contributed by atoms with Crippen LogP contribution in [0.3, 0.4) is 0 Å². The van der Waals surface area contributed by atoms with Gasteiger partial charge < -0.3 is 10.6 Å². The molecule has 3 N–H and O–H groups in total. The Morgan fingerprint density at radius 2 is 1.74 bits per heavy atom. The van der Waals surface area contributed by atoms with Gasteiger partial charge in [0, 0.05) is 23.3 Å².